The van der Waals surface area contributed by atoms with Gasteiger partial charge in [0.05, 0.1) is 22.9 Å². The van der Waals surface area contributed by atoms with Gasteiger partial charge in [0.15, 0.2) is 0 Å². The number of alkyl halides is 3. The van der Waals surface area contributed by atoms with Crippen molar-refractivity contribution < 1.29 is 22.8 Å². The number of anilines is 2. The number of hydrogen-bond donors (Lipinski definition) is 1. The molecule has 1 aromatic rings. The fraction of sp³-hybridized carbons (Fsp3) is 0.619. The van der Waals surface area contributed by atoms with Gasteiger partial charge in [-0.3, -0.25) is 9.59 Å². The summed E-state index contributed by atoms with van der Waals surface area (Å²) in [5.41, 5.74) is 0.0322. The molecule has 2 saturated heterocycles. The van der Waals surface area contributed by atoms with Gasteiger partial charge in [-0.05, 0) is 43.9 Å². The highest BCUT2D eigenvalue weighted by molar-refractivity contribution is 5.96. The summed E-state index contributed by atoms with van der Waals surface area (Å²) in [6.07, 6.45) is -1.20. The van der Waals surface area contributed by atoms with E-state index in [0.29, 0.717) is 31.6 Å². The Kier molecular flexibility index (Phi) is 6.39. The highest BCUT2D eigenvalue weighted by Crippen LogP contribution is 2.37. The Balaban J connectivity index is 1.80. The normalized spacial score (nSPS) is 20.3. The van der Waals surface area contributed by atoms with Gasteiger partial charge in [-0.1, -0.05) is 13.8 Å². The maximum atomic E-state index is 13.2. The Morgan fingerprint density at radius 2 is 1.79 bits per heavy atom. The summed E-state index contributed by atoms with van der Waals surface area (Å²) in [6.45, 7) is 6.07. The first-order valence-corrected chi connectivity index (χ1v) is 10.2. The number of likely N-dealkylation sites (tertiary alicyclic amines) is 1. The molecular weight excluding hydrogens is 383 g/mol. The molecular formula is C21H28F3N3O2. The summed E-state index contributed by atoms with van der Waals surface area (Å²) in [4.78, 5) is 28.8. The van der Waals surface area contributed by atoms with Gasteiger partial charge >= 0.3 is 6.18 Å². The highest BCUT2D eigenvalue weighted by atomic mass is 19.4. The first kappa shape index (κ1) is 21.5. The Morgan fingerprint density at radius 1 is 1.10 bits per heavy atom. The number of hydrogen-bond acceptors (Lipinski definition) is 3. The third-order valence-corrected chi connectivity index (χ3v) is 5.63. The molecule has 2 aliphatic rings. The molecule has 2 aliphatic heterocycles. The van der Waals surface area contributed by atoms with Crippen molar-refractivity contribution in [1.29, 1.82) is 0 Å². The molecule has 0 radical (unpaired) electrons. The van der Waals surface area contributed by atoms with Crippen molar-refractivity contribution in [3.8, 4) is 0 Å². The number of amides is 2. The monoisotopic (exact) mass is 411 g/mol. The summed E-state index contributed by atoms with van der Waals surface area (Å²) in [6, 6.07) is 3.53. The van der Waals surface area contributed by atoms with Crippen LogP contribution in [-0.4, -0.2) is 42.9 Å². The van der Waals surface area contributed by atoms with Crippen LogP contribution in [0.4, 0.5) is 24.5 Å². The fourth-order valence-corrected chi connectivity index (χ4v) is 4.04. The SMILES string of the molecule is CC(C)C(=O)N1CCC[C@@H](C(=O)Nc2cc(C(F)(F)F)ccc2N2CCCC2)C1. The number of benzene rings is 1. The zero-order valence-corrected chi connectivity index (χ0v) is 16.9. The van der Waals surface area contributed by atoms with Crippen molar-refractivity contribution >= 4 is 23.2 Å². The number of rotatable bonds is 4. The zero-order chi connectivity index (χ0) is 21.2. The van der Waals surface area contributed by atoms with Gasteiger partial charge < -0.3 is 15.1 Å². The van der Waals surface area contributed by atoms with E-state index in [1.54, 1.807) is 4.90 Å². The van der Waals surface area contributed by atoms with E-state index in [9.17, 15) is 22.8 Å². The molecule has 5 nitrogen and oxygen atoms in total. The second-order valence-electron chi connectivity index (χ2n) is 8.19. The lowest BCUT2D eigenvalue weighted by Gasteiger charge is -2.33. The first-order chi connectivity index (χ1) is 13.7. The highest BCUT2D eigenvalue weighted by Gasteiger charge is 2.33. The molecule has 1 atom stereocenters. The van der Waals surface area contributed by atoms with E-state index in [1.807, 2.05) is 18.7 Å². The Morgan fingerprint density at radius 3 is 2.41 bits per heavy atom. The summed E-state index contributed by atoms with van der Waals surface area (Å²) < 4.78 is 39.6. The van der Waals surface area contributed by atoms with Crippen molar-refractivity contribution in [2.75, 3.05) is 36.4 Å². The minimum absolute atomic E-state index is 0.000625. The Bertz CT molecular complexity index is 758. The summed E-state index contributed by atoms with van der Waals surface area (Å²) in [7, 11) is 0. The van der Waals surface area contributed by atoms with Gasteiger partial charge in [-0.15, -0.1) is 0 Å². The average molecular weight is 411 g/mol. The van der Waals surface area contributed by atoms with Crippen molar-refractivity contribution in [3.63, 3.8) is 0 Å². The minimum atomic E-state index is -4.48. The summed E-state index contributed by atoms with van der Waals surface area (Å²) in [5.74, 6) is -0.903. The van der Waals surface area contributed by atoms with Gasteiger partial charge in [0, 0.05) is 32.1 Å². The molecule has 1 N–H and O–H groups in total. The molecule has 0 aromatic heterocycles. The lowest BCUT2D eigenvalue weighted by atomic mass is 9.96. The van der Waals surface area contributed by atoms with Crippen LogP contribution in [0.5, 0.6) is 0 Å². The van der Waals surface area contributed by atoms with Gasteiger partial charge in [0.2, 0.25) is 11.8 Å². The van der Waals surface area contributed by atoms with Crippen molar-refractivity contribution in [2.24, 2.45) is 11.8 Å². The number of carbonyl (C=O) groups excluding carboxylic acids is 2. The van der Waals surface area contributed by atoms with E-state index in [-0.39, 0.29) is 23.4 Å². The van der Waals surface area contributed by atoms with Crippen LogP contribution in [0.15, 0.2) is 18.2 Å². The first-order valence-electron chi connectivity index (χ1n) is 10.2. The molecule has 160 valence electrons. The Hall–Kier alpha value is -2.25. The van der Waals surface area contributed by atoms with Crippen LogP contribution in [-0.2, 0) is 15.8 Å². The number of nitrogens with one attached hydrogen (secondary N) is 1. The van der Waals surface area contributed by atoms with Crippen molar-refractivity contribution in [3.05, 3.63) is 23.8 Å². The van der Waals surface area contributed by atoms with Gasteiger partial charge in [-0.25, -0.2) is 0 Å². The van der Waals surface area contributed by atoms with Gasteiger partial charge in [0.25, 0.3) is 0 Å². The van der Waals surface area contributed by atoms with E-state index >= 15 is 0 Å². The maximum Gasteiger partial charge on any atom is 0.416 e. The molecule has 3 rings (SSSR count). The molecule has 2 amide bonds. The second kappa shape index (κ2) is 8.63. The van der Waals surface area contributed by atoms with E-state index < -0.39 is 17.7 Å². The standard InChI is InChI=1S/C21H28F3N3O2/c1-14(2)20(29)27-11-5-6-15(13-27)19(28)25-17-12-16(21(22,23)24)7-8-18(17)26-9-3-4-10-26/h7-8,12,14-15H,3-6,9-11,13H2,1-2H3,(H,25,28)/t15-/m1/s1. The van der Waals surface area contributed by atoms with Crippen LogP contribution < -0.4 is 10.2 Å². The van der Waals surface area contributed by atoms with Crippen LogP contribution >= 0.6 is 0 Å². The smallest absolute Gasteiger partial charge is 0.370 e. The predicted octanol–water partition coefficient (Wildman–Crippen LogP) is 4.14. The largest absolute Gasteiger partial charge is 0.416 e. The van der Waals surface area contributed by atoms with Crippen LogP contribution in [0, 0.1) is 11.8 Å². The number of halogens is 3. The van der Waals surface area contributed by atoms with Gasteiger partial charge in [-0.2, -0.15) is 13.2 Å². The summed E-state index contributed by atoms with van der Waals surface area (Å²) >= 11 is 0. The van der Waals surface area contributed by atoms with E-state index in [1.165, 1.54) is 6.07 Å². The van der Waals surface area contributed by atoms with Crippen molar-refractivity contribution in [2.45, 2.75) is 45.7 Å². The molecule has 2 fully saturated rings. The fourth-order valence-electron chi connectivity index (χ4n) is 4.04. The molecule has 0 spiro atoms. The van der Waals surface area contributed by atoms with E-state index in [2.05, 4.69) is 5.32 Å². The van der Waals surface area contributed by atoms with Crippen LogP contribution in [0.3, 0.4) is 0 Å². The lowest BCUT2D eigenvalue weighted by molar-refractivity contribution is -0.138. The average Bonchev–Trinajstić information content (AvgIpc) is 3.21. The molecule has 0 bridgehead atoms. The third-order valence-electron chi connectivity index (χ3n) is 5.63. The molecule has 29 heavy (non-hydrogen) atoms. The van der Waals surface area contributed by atoms with E-state index in [0.717, 1.165) is 38.1 Å². The topological polar surface area (TPSA) is 52.7 Å². The zero-order valence-electron chi connectivity index (χ0n) is 16.9. The van der Waals surface area contributed by atoms with E-state index in [4.69, 9.17) is 0 Å². The van der Waals surface area contributed by atoms with Crippen LogP contribution in [0.2, 0.25) is 0 Å². The lowest BCUT2D eigenvalue weighted by Crippen LogP contribution is -2.45. The van der Waals surface area contributed by atoms with Gasteiger partial charge in [0.1, 0.15) is 0 Å². The number of carbonyl (C=O) groups is 2. The molecule has 0 aliphatic carbocycles. The Labute approximate surface area is 169 Å². The second-order valence-corrected chi connectivity index (χ2v) is 8.19. The minimum Gasteiger partial charge on any atom is -0.370 e. The molecule has 0 saturated carbocycles. The molecule has 0 unspecified atom stereocenters. The molecule has 2 heterocycles. The number of nitrogens with zero attached hydrogens (tertiary/aromatic N) is 2. The summed E-state index contributed by atoms with van der Waals surface area (Å²) in [5, 5.41) is 2.74. The third kappa shape index (κ3) is 5.03. The van der Waals surface area contributed by atoms with Crippen molar-refractivity contribution in [1.82, 2.24) is 4.90 Å². The maximum absolute atomic E-state index is 13.2. The predicted molar refractivity (Wildman–Crippen MR) is 106 cm³/mol. The quantitative estimate of drug-likeness (QED) is 0.810. The van der Waals surface area contributed by atoms with Crippen LogP contribution in [0.1, 0.15) is 45.1 Å². The molecule has 1 aromatic carbocycles. The molecule has 8 heteroatoms. The number of piperidine rings is 1. The van der Waals surface area contributed by atoms with Crippen LogP contribution in [0.25, 0.3) is 0 Å².